The fourth-order valence-corrected chi connectivity index (χ4v) is 3.83. The molecule has 2 atom stereocenters. The topological polar surface area (TPSA) is 46.5 Å². The highest BCUT2D eigenvalue weighted by molar-refractivity contribution is 7.52. The highest BCUT2D eigenvalue weighted by Crippen LogP contribution is 2.43. The van der Waals surface area contributed by atoms with Crippen molar-refractivity contribution in [3.63, 3.8) is 0 Å². The molecular weight excluding hydrogens is 295 g/mol. The van der Waals surface area contributed by atoms with Crippen LogP contribution in [0.25, 0.3) is 0 Å². The van der Waals surface area contributed by atoms with Gasteiger partial charge in [-0.25, -0.2) is 0 Å². The molecule has 3 nitrogen and oxygen atoms in total. The van der Waals surface area contributed by atoms with E-state index in [1.165, 1.54) is 51.4 Å². The second kappa shape index (κ2) is 14.7. The minimum absolute atomic E-state index is 0.326. The van der Waals surface area contributed by atoms with Gasteiger partial charge >= 0.3 is 7.60 Å². The van der Waals surface area contributed by atoms with Gasteiger partial charge in [-0.2, -0.15) is 0 Å². The Morgan fingerprint density at radius 3 is 1.95 bits per heavy atom. The third-order valence-corrected chi connectivity index (χ3v) is 5.78. The Balaban J connectivity index is 3.65. The molecule has 0 amide bonds. The highest BCUT2D eigenvalue weighted by atomic mass is 31.2. The molecule has 0 heterocycles. The van der Waals surface area contributed by atoms with E-state index < -0.39 is 7.60 Å². The summed E-state index contributed by atoms with van der Waals surface area (Å²) in [7, 11) is -3.36. The van der Waals surface area contributed by atoms with Crippen LogP contribution in [0, 0.1) is 5.92 Å². The van der Waals surface area contributed by atoms with Crippen LogP contribution in [0.5, 0.6) is 0 Å². The van der Waals surface area contributed by atoms with Gasteiger partial charge in [-0.3, -0.25) is 4.57 Å². The number of rotatable bonds is 16. The molecule has 0 aliphatic rings. The lowest BCUT2D eigenvalue weighted by Crippen LogP contribution is -2.08. The minimum atomic E-state index is -3.36. The van der Waals surface area contributed by atoms with E-state index in [2.05, 4.69) is 20.8 Å². The smallest absolute Gasteiger partial charge is 0.324 e. The standard InChI is InChI=1S/C18H39O3P/c1-4-7-9-10-11-12-13-14-16-22(19,20)21-17-18(6-3)15-8-5-2/h18H,4-17H2,1-3H3,(H,19,20). The van der Waals surface area contributed by atoms with E-state index in [0.29, 0.717) is 18.7 Å². The molecule has 1 N–H and O–H groups in total. The molecule has 0 aliphatic heterocycles. The third-order valence-electron chi connectivity index (χ3n) is 4.35. The summed E-state index contributed by atoms with van der Waals surface area (Å²) in [5.74, 6) is 0.430. The Kier molecular flexibility index (Phi) is 14.8. The van der Waals surface area contributed by atoms with Crippen LogP contribution in [0.1, 0.15) is 97.8 Å². The number of hydrogen-bond donors (Lipinski definition) is 1. The second-order valence-electron chi connectivity index (χ2n) is 6.55. The Morgan fingerprint density at radius 2 is 1.41 bits per heavy atom. The predicted molar refractivity (Wildman–Crippen MR) is 96.6 cm³/mol. The van der Waals surface area contributed by atoms with Crippen molar-refractivity contribution in [3.8, 4) is 0 Å². The van der Waals surface area contributed by atoms with Gasteiger partial charge in [-0.1, -0.05) is 85.0 Å². The summed E-state index contributed by atoms with van der Waals surface area (Å²) in [5.41, 5.74) is 0. The SMILES string of the molecule is CCCCCCCCCCP(=O)(O)OCC(CC)CCCC. The van der Waals surface area contributed by atoms with Gasteiger partial charge in [0.05, 0.1) is 6.61 Å². The summed E-state index contributed by atoms with van der Waals surface area (Å²) in [6, 6.07) is 0. The van der Waals surface area contributed by atoms with E-state index in [1.54, 1.807) is 0 Å². The zero-order chi connectivity index (χ0) is 16.7. The molecule has 22 heavy (non-hydrogen) atoms. The van der Waals surface area contributed by atoms with Crippen molar-refractivity contribution < 1.29 is 14.0 Å². The van der Waals surface area contributed by atoms with Gasteiger partial charge in [0.15, 0.2) is 0 Å². The number of hydrogen-bond acceptors (Lipinski definition) is 2. The molecule has 0 radical (unpaired) electrons. The molecular formula is C18H39O3P. The molecule has 0 bridgehead atoms. The monoisotopic (exact) mass is 334 g/mol. The fourth-order valence-electron chi connectivity index (χ4n) is 2.63. The van der Waals surface area contributed by atoms with Gasteiger partial charge in [0.1, 0.15) is 0 Å². The van der Waals surface area contributed by atoms with Crippen LogP contribution < -0.4 is 0 Å². The first-order valence-corrected chi connectivity index (χ1v) is 11.3. The summed E-state index contributed by atoms with van der Waals surface area (Å²) in [6.07, 6.45) is 14.3. The first kappa shape index (κ1) is 22.1. The highest BCUT2D eigenvalue weighted by Gasteiger charge is 2.20. The lowest BCUT2D eigenvalue weighted by atomic mass is 10.0. The van der Waals surface area contributed by atoms with Crippen molar-refractivity contribution in [1.82, 2.24) is 0 Å². The van der Waals surface area contributed by atoms with Crippen LogP contribution in [-0.2, 0) is 9.09 Å². The van der Waals surface area contributed by atoms with Gasteiger partial charge in [-0.05, 0) is 18.8 Å². The minimum Gasteiger partial charge on any atom is -0.324 e. The van der Waals surface area contributed by atoms with Crippen LogP contribution >= 0.6 is 7.60 Å². The molecule has 134 valence electrons. The zero-order valence-electron chi connectivity index (χ0n) is 15.2. The van der Waals surface area contributed by atoms with Crippen LogP contribution in [-0.4, -0.2) is 17.7 Å². The molecule has 0 saturated carbocycles. The summed E-state index contributed by atoms with van der Waals surface area (Å²) >= 11 is 0. The Hall–Kier alpha value is 0.150. The first-order chi connectivity index (χ1) is 10.6. The predicted octanol–water partition coefficient (Wildman–Crippen LogP) is 6.55. The first-order valence-electron chi connectivity index (χ1n) is 9.52. The van der Waals surface area contributed by atoms with E-state index in [0.717, 1.165) is 25.7 Å². The van der Waals surface area contributed by atoms with Crippen LogP contribution in [0.3, 0.4) is 0 Å². The molecule has 0 fully saturated rings. The molecule has 0 saturated heterocycles. The largest absolute Gasteiger partial charge is 0.328 e. The van der Waals surface area contributed by atoms with Gasteiger partial charge in [0.25, 0.3) is 0 Å². The molecule has 4 heteroatoms. The lowest BCUT2D eigenvalue weighted by molar-refractivity contribution is 0.203. The summed E-state index contributed by atoms with van der Waals surface area (Å²) in [6.45, 7) is 6.97. The van der Waals surface area contributed by atoms with Crippen molar-refractivity contribution in [2.75, 3.05) is 12.8 Å². The second-order valence-corrected chi connectivity index (χ2v) is 8.53. The normalized spacial score (nSPS) is 15.6. The number of unbranched alkanes of at least 4 members (excludes halogenated alkanes) is 8. The molecule has 0 spiro atoms. The summed E-state index contributed by atoms with van der Waals surface area (Å²) in [4.78, 5) is 9.89. The van der Waals surface area contributed by atoms with Gasteiger partial charge in [0, 0.05) is 6.16 Å². The van der Waals surface area contributed by atoms with Crippen molar-refractivity contribution in [3.05, 3.63) is 0 Å². The summed E-state index contributed by atoms with van der Waals surface area (Å²) < 4.78 is 17.4. The van der Waals surface area contributed by atoms with Gasteiger partial charge < -0.3 is 9.42 Å². The maximum atomic E-state index is 12.0. The van der Waals surface area contributed by atoms with Gasteiger partial charge in [-0.15, -0.1) is 0 Å². The zero-order valence-corrected chi connectivity index (χ0v) is 16.1. The van der Waals surface area contributed by atoms with E-state index in [4.69, 9.17) is 4.52 Å². The molecule has 2 unspecified atom stereocenters. The van der Waals surface area contributed by atoms with Crippen LogP contribution in [0.2, 0.25) is 0 Å². The Morgan fingerprint density at radius 1 is 0.864 bits per heavy atom. The molecule has 0 aromatic carbocycles. The van der Waals surface area contributed by atoms with Crippen LogP contribution in [0.4, 0.5) is 0 Å². The average molecular weight is 334 g/mol. The van der Waals surface area contributed by atoms with E-state index in [-0.39, 0.29) is 0 Å². The molecule has 0 rings (SSSR count). The van der Waals surface area contributed by atoms with Crippen molar-refractivity contribution >= 4 is 7.60 Å². The van der Waals surface area contributed by atoms with E-state index in [1.807, 2.05) is 0 Å². The van der Waals surface area contributed by atoms with Crippen LogP contribution in [0.15, 0.2) is 0 Å². The van der Waals surface area contributed by atoms with Gasteiger partial charge in [0.2, 0.25) is 0 Å². The molecule has 0 aromatic heterocycles. The molecule has 0 aromatic rings. The Bertz CT molecular complexity index is 282. The van der Waals surface area contributed by atoms with E-state index >= 15 is 0 Å². The summed E-state index contributed by atoms with van der Waals surface area (Å²) in [5, 5.41) is 0. The van der Waals surface area contributed by atoms with Crippen molar-refractivity contribution in [1.29, 1.82) is 0 Å². The maximum Gasteiger partial charge on any atom is 0.328 e. The fraction of sp³-hybridized carbons (Fsp3) is 1.00. The maximum absolute atomic E-state index is 12.0. The molecule has 0 aliphatic carbocycles. The van der Waals surface area contributed by atoms with Crippen molar-refractivity contribution in [2.45, 2.75) is 97.8 Å². The third kappa shape index (κ3) is 13.8. The quantitative estimate of drug-likeness (QED) is 0.257. The Labute approximate surface area is 138 Å². The van der Waals surface area contributed by atoms with Crippen molar-refractivity contribution in [2.24, 2.45) is 5.92 Å². The van der Waals surface area contributed by atoms with E-state index in [9.17, 15) is 9.46 Å². The average Bonchev–Trinajstić information content (AvgIpc) is 2.50. The lowest BCUT2D eigenvalue weighted by Gasteiger charge is -2.18.